The molecule has 3 aromatic rings. The molecular weight excluding hydrogens is 324 g/mol. The van der Waals surface area contributed by atoms with Crippen molar-refractivity contribution < 1.29 is 4.79 Å². The molecule has 24 heavy (non-hydrogen) atoms. The van der Waals surface area contributed by atoms with Crippen LogP contribution in [0.3, 0.4) is 0 Å². The number of carbonyl (C=O) groups is 1. The van der Waals surface area contributed by atoms with Crippen LogP contribution in [0.15, 0.2) is 60.8 Å². The number of nitrogens with zero attached hydrogens (tertiary/aromatic N) is 2. The number of benzene rings is 2. The van der Waals surface area contributed by atoms with Crippen LogP contribution in [0.1, 0.15) is 16.1 Å². The number of hydrogen-bond acceptors (Lipinski definition) is 4. The number of halogens is 1. The molecule has 5 nitrogen and oxygen atoms in total. The summed E-state index contributed by atoms with van der Waals surface area (Å²) in [6.45, 7) is 1.85. The maximum atomic E-state index is 12.4. The van der Waals surface area contributed by atoms with Crippen molar-refractivity contribution in [1.29, 1.82) is 0 Å². The van der Waals surface area contributed by atoms with E-state index in [4.69, 9.17) is 11.6 Å². The zero-order valence-electron chi connectivity index (χ0n) is 13.0. The average Bonchev–Trinajstić information content (AvgIpc) is 2.60. The van der Waals surface area contributed by atoms with Gasteiger partial charge in [-0.25, -0.2) is 9.97 Å². The summed E-state index contributed by atoms with van der Waals surface area (Å²) in [5.74, 6) is 0.0375. The molecule has 6 heteroatoms. The van der Waals surface area contributed by atoms with Crippen LogP contribution in [-0.4, -0.2) is 15.9 Å². The molecule has 1 aromatic heterocycles. The van der Waals surface area contributed by atoms with E-state index in [0.717, 1.165) is 11.3 Å². The maximum Gasteiger partial charge on any atom is 0.274 e. The second-order valence-electron chi connectivity index (χ2n) is 5.12. The molecule has 1 amide bonds. The van der Waals surface area contributed by atoms with Gasteiger partial charge < -0.3 is 10.6 Å². The molecule has 0 unspecified atom stereocenters. The Kier molecular flexibility index (Phi) is 4.72. The molecule has 0 saturated heterocycles. The molecule has 0 fully saturated rings. The average molecular weight is 339 g/mol. The van der Waals surface area contributed by atoms with Crippen LogP contribution in [0.2, 0.25) is 5.02 Å². The lowest BCUT2D eigenvalue weighted by atomic mass is 10.2. The first-order chi connectivity index (χ1) is 11.6. The van der Waals surface area contributed by atoms with E-state index in [1.165, 1.54) is 6.20 Å². The first-order valence-electron chi connectivity index (χ1n) is 7.35. The summed E-state index contributed by atoms with van der Waals surface area (Å²) in [4.78, 5) is 20.8. The lowest BCUT2D eigenvalue weighted by Gasteiger charge is -2.10. The van der Waals surface area contributed by atoms with Gasteiger partial charge >= 0.3 is 0 Å². The fourth-order valence-corrected chi connectivity index (χ4v) is 2.30. The van der Waals surface area contributed by atoms with Crippen LogP contribution in [0.25, 0.3) is 0 Å². The number of anilines is 3. The van der Waals surface area contributed by atoms with Gasteiger partial charge in [0.25, 0.3) is 5.91 Å². The minimum atomic E-state index is -0.320. The molecule has 0 radical (unpaired) electrons. The second-order valence-corrected chi connectivity index (χ2v) is 5.53. The van der Waals surface area contributed by atoms with Gasteiger partial charge in [-0.2, -0.15) is 0 Å². The Balaban J connectivity index is 1.78. The van der Waals surface area contributed by atoms with E-state index in [-0.39, 0.29) is 11.6 Å². The summed E-state index contributed by atoms with van der Waals surface area (Å²) in [5, 5.41) is 6.48. The molecule has 0 atom stereocenters. The van der Waals surface area contributed by atoms with Gasteiger partial charge in [-0.3, -0.25) is 4.79 Å². The van der Waals surface area contributed by atoms with Gasteiger partial charge in [-0.05, 0) is 42.8 Å². The van der Waals surface area contributed by atoms with Crippen molar-refractivity contribution in [1.82, 2.24) is 9.97 Å². The van der Waals surface area contributed by atoms with E-state index in [1.807, 2.05) is 37.3 Å². The van der Waals surface area contributed by atoms with Gasteiger partial charge in [0.1, 0.15) is 5.69 Å². The van der Waals surface area contributed by atoms with Crippen molar-refractivity contribution >= 4 is 34.8 Å². The van der Waals surface area contributed by atoms with Crippen molar-refractivity contribution in [3.63, 3.8) is 0 Å². The highest BCUT2D eigenvalue weighted by Crippen LogP contribution is 2.23. The summed E-state index contributed by atoms with van der Waals surface area (Å²) >= 11 is 6.07. The number of amides is 1. The van der Waals surface area contributed by atoms with E-state index in [0.29, 0.717) is 16.7 Å². The van der Waals surface area contributed by atoms with Gasteiger partial charge in [0.2, 0.25) is 5.95 Å². The Morgan fingerprint density at radius 3 is 2.62 bits per heavy atom. The first kappa shape index (κ1) is 16.0. The van der Waals surface area contributed by atoms with E-state index >= 15 is 0 Å². The Hall–Kier alpha value is -2.92. The van der Waals surface area contributed by atoms with Crippen molar-refractivity contribution in [2.45, 2.75) is 6.92 Å². The fraction of sp³-hybridized carbons (Fsp3) is 0.0556. The van der Waals surface area contributed by atoms with Gasteiger partial charge in [-0.1, -0.05) is 35.9 Å². The van der Waals surface area contributed by atoms with Crippen LogP contribution in [0, 0.1) is 6.92 Å². The third-order valence-corrected chi connectivity index (χ3v) is 3.84. The number of carbonyl (C=O) groups excluding carboxylic acids is 1. The van der Waals surface area contributed by atoms with Crippen LogP contribution in [-0.2, 0) is 0 Å². The second kappa shape index (κ2) is 7.10. The summed E-state index contributed by atoms with van der Waals surface area (Å²) in [7, 11) is 0. The summed E-state index contributed by atoms with van der Waals surface area (Å²) in [6, 6.07) is 16.4. The van der Waals surface area contributed by atoms with E-state index in [9.17, 15) is 4.79 Å². The van der Waals surface area contributed by atoms with Crippen LogP contribution >= 0.6 is 11.6 Å². The largest absolute Gasteiger partial charge is 0.324 e. The van der Waals surface area contributed by atoms with Gasteiger partial charge in [0.05, 0.1) is 0 Å². The Labute approximate surface area is 144 Å². The van der Waals surface area contributed by atoms with Crippen molar-refractivity contribution in [2.24, 2.45) is 0 Å². The highest BCUT2D eigenvalue weighted by atomic mass is 35.5. The predicted octanol–water partition coefficient (Wildman–Crippen LogP) is 4.43. The zero-order valence-corrected chi connectivity index (χ0v) is 13.7. The first-order valence-corrected chi connectivity index (χ1v) is 7.73. The smallest absolute Gasteiger partial charge is 0.274 e. The quantitative estimate of drug-likeness (QED) is 0.738. The molecule has 0 saturated carbocycles. The topological polar surface area (TPSA) is 66.9 Å². The minimum Gasteiger partial charge on any atom is -0.324 e. The van der Waals surface area contributed by atoms with Gasteiger partial charge in [0.15, 0.2) is 0 Å². The summed E-state index contributed by atoms with van der Waals surface area (Å²) in [6.07, 6.45) is 1.54. The third kappa shape index (κ3) is 3.70. The molecule has 120 valence electrons. The molecule has 0 aliphatic rings. The molecular formula is C18H15ClN4O. The van der Waals surface area contributed by atoms with E-state index in [2.05, 4.69) is 20.6 Å². The number of nitrogens with one attached hydrogen (secondary N) is 2. The molecule has 2 aromatic carbocycles. The Morgan fingerprint density at radius 2 is 1.83 bits per heavy atom. The van der Waals surface area contributed by atoms with Crippen molar-refractivity contribution in [3.8, 4) is 0 Å². The third-order valence-electron chi connectivity index (χ3n) is 3.43. The van der Waals surface area contributed by atoms with Crippen LogP contribution in [0.4, 0.5) is 17.3 Å². The molecule has 0 spiro atoms. The number of para-hydroxylation sites is 1. The van der Waals surface area contributed by atoms with E-state index in [1.54, 1.807) is 24.3 Å². The molecule has 0 bridgehead atoms. The molecule has 2 N–H and O–H groups in total. The minimum absolute atomic E-state index is 0.266. The normalized spacial score (nSPS) is 10.2. The Bertz CT molecular complexity index is 868. The number of rotatable bonds is 4. The zero-order chi connectivity index (χ0) is 16.9. The highest BCUT2D eigenvalue weighted by Gasteiger charge is 2.11. The SMILES string of the molecule is Cc1c(Cl)cccc1NC(=O)c1ccnc(Nc2ccccc2)n1. The predicted molar refractivity (Wildman–Crippen MR) is 95.9 cm³/mol. The number of hydrogen-bond donors (Lipinski definition) is 2. The number of aromatic nitrogens is 2. The Morgan fingerprint density at radius 1 is 1.04 bits per heavy atom. The molecule has 0 aliphatic carbocycles. The lowest BCUT2D eigenvalue weighted by molar-refractivity contribution is 0.102. The van der Waals surface area contributed by atoms with Gasteiger partial charge in [-0.15, -0.1) is 0 Å². The highest BCUT2D eigenvalue weighted by molar-refractivity contribution is 6.31. The summed E-state index contributed by atoms with van der Waals surface area (Å²) < 4.78 is 0. The lowest BCUT2D eigenvalue weighted by Crippen LogP contribution is -2.15. The van der Waals surface area contributed by atoms with Crippen LogP contribution in [0.5, 0.6) is 0 Å². The van der Waals surface area contributed by atoms with Crippen molar-refractivity contribution in [2.75, 3.05) is 10.6 Å². The van der Waals surface area contributed by atoms with E-state index < -0.39 is 0 Å². The van der Waals surface area contributed by atoms with Crippen LogP contribution < -0.4 is 10.6 Å². The fourth-order valence-electron chi connectivity index (χ4n) is 2.13. The molecule has 1 heterocycles. The monoisotopic (exact) mass is 338 g/mol. The summed E-state index contributed by atoms with van der Waals surface area (Å²) in [5.41, 5.74) is 2.58. The maximum absolute atomic E-state index is 12.4. The van der Waals surface area contributed by atoms with Crippen molar-refractivity contribution in [3.05, 3.63) is 77.1 Å². The molecule has 3 rings (SSSR count). The van der Waals surface area contributed by atoms with Gasteiger partial charge in [0, 0.05) is 22.6 Å². The standard InChI is InChI=1S/C18H15ClN4O/c1-12-14(19)8-5-9-15(12)22-17(24)16-10-11-20-18(23-16)21-13-6-3-2-4-7-13/h2-11H,1H3,(H,22,24)(H,20,21,23). The molecule has 0 aliphatic heterocycles.